The quantitative estimate of drug-likeness (QED) is 0.690. The van der Waals surface area contributed by atoms with Crippen LogP contribution in [0.2, 0.25) is 0 Å². The molecule has 0 aliphatic carbocycles. The second-order valence-electron chi connectivity index (χ2n) is 9.53. The molecule has 35 heavy (non-hydrogen) atoms. The van der Waals surface area contributed by atoms with E-state index >= 15 is 0 Å². The van der Waals surface area contributed by atoms with Gasteiger partial charge in [0.05, 0.1) is 12.8 Å². The van der Waals surface area contributed by atoms with Crippen molar-refractivity contribution < 1.29 is 19.1 Å². The number of piperidine rings is 1. The van der Waals surface area contributed by atoms with E-state index < -0.39 is 17.7 Å². The number of rotatable bonds is 6. The Hall–Kier alpha value is -3.39. The van der Waals surface area contributed by atoms with Gasteiger partial charge in [-0.2, -0.15) is 0 Å². The van der Waals surface area contributed by atoms with Gasteiger partial charge in [0, 0.05) is 38.5 Å². The lowest BCUT2D eigenvalue weighted by Gasteiger charge is -2.44. The molecule has 2 aromatic rings. The summed E-state index contributed by atoms with van der Waals surface area (Å²) in [5.41, 5.74) is 1.80. The molecule has 2 aromatic carbocycles. The van der Waals surface area contributed by atoms with E-state index in [4.69, 9.17) is 4.74 Å². The first-order valence-corrected chi connectivity index (χ1v) is 12.0. The Morgan fingerprint density at radius 1 is 1.06 bits per heavy atom. The summed E-state index contributed by atoms with van der Waals surface area (Å²) in [6.45, 7) is 5.06. The summed E-state index contributed by atoms with van der Waals surface area (Å²) >= 11 is 0. The molecular formula is C27H34N4O4. The molecule has 4 rings (SSSR count). The lowest BCUT2D eigenvalue weighted by Crippen LogP contribution is -2.61. The summed E-state index contributed by atoms with van der Waals surface area (Å²) in [4.78, 5) is 45.4. The molecule has 2 aliphatic heterocycles. The van der Waals surface area contributed by atoms with Crippen molar-refractivity contribution in [2.75, 3.05) is 38.8 Å². The molecular weight excluding hydrogens is 444 g/mol. The Kier molecular flexibility index (Phi) is 7.12. The molecule has 2 heterocycles. The van der Waals surface area contributed by atoms with Crippen LogP contribution in [0.3, 0.4) is 0 Å². The van der Waals surface area contributed by atoms with Gasteiger partial charge in [-0.3, -0.25) is 14.4 Å². The average molecular weight is 479 g/mol. The minimum absolute atomic E-state index is 0.0861. The predicted molar refractivity (Wildman–Crippen MR) is 134 cm³/mol. The van der Waals surface area contributed by atoms with Crippen LogP contribution in [0.5, 0.6) is 0 Å². The molecule has 186 valence electrons. The molecule has 8 nitrogen and oxygen atoms in total. The van der Waals surface area contributed by atoms with Gasteiger partial charge in [0.2, 0.25) is 11.8 Å². The van der Waals surface area contributed by atoms with Crippen molar-refractivity contribution >= 4 is 23.4 Å². The molecule has 0 bridgehead atoms. The molecule has 3 amide bonds. The number of carbonyl (C=O) groups is 3. The van der Waals surface area contributed by atoms with Crippen LogP contribution in [0, 0.1) is 6.92 Å². The van der Waals surface area contributed by atoms with Crippen molar-refractivity contribution in [1.29, 1.82) is 0 Å². The van der Waals surface area contributed by atoms with E-state index in [2.05, 4.69) is 10.2 Å². The van der Waals surface area contributed by atoms with Crippen molar-refractivity contribution in [2.45, 2.75) is 44.4 Å². The van der Waals surface area contributed by atoms with Crippen molar-refractivity contribution in [1.82, 2.24) is 15.1 Å². The smallest absolute Gasteiger partial charge is 0.252 e. The summed E-state index contributed by atoms with van der Waals surface area (Å²) in [6, 6.07) is 16.4. The lowest BCUT2D eigenvalue weighted by atomic mass is 9.85. The third-order valence-electron chi connectivity index (χ3n) is 7.26. The largest absolute Gasteiger partial charge is 0.379 e. The van der Waals surface area contributed by atoms with Gasteiger partial charge >= 0.3 is 0 Å². The number of likely N-dealkylation sites (N-methyl/N-ethyl adjacent to an activating group) is 1. The van der Waals surface area contributed by atoms with Crippen LogP contribution in [0.1, 0.15) is 35.7 Å². The molecule has 1 spiro atoms. The first-order valence-electron chi connectivity index (χ1n) is 12.0. The van der Waals surface area contributed by atoms with Gasteiger partial charge in [0.15, 0.2) is 0 Å². The summed E-state index contributed by atoms with van der Waals surface area (Å²) < 4.78 is 5.45. The number of nitrogens with zero attached hydrogens (tertiary/aromatic N) is 3. The van der Waals surface area contributed by atoms with Crippen molar-refractivity contribution in [3.05, 3.63) is 65.7 Å². The van der Waals surface area contributed by atoms with Gasteiger partial charge in [0.1, 0.15) is 11.6 Å². The number of hydrogen-bond donors (Lipinski definition) is 1. The number of para-hydroxylation sites is 1. The number of anilines is 1. The zero-order valence-corrected chi connectivity index (χ0v) is 20.9. The minimum atomic E-state index is -0.825. The molecule has 2 atom stereocenters. The summed E-state index contributed by atoms with van der Waals surface area (Å²) in [6.07, 6.45) is 0.542. The fourth-order valence-corrected chi connectivity index (χ4v) is 5.12. The number of aryl methyl sites for hydroxylation is 1. The molecule has 2 fully saturated rings. The maximum absolute atomic E-state index is 13.6. The number of amides is 3. The van der Waals surface area contributed by atoms with E-state index in [9.17, 15) is 14.4 Å². The van der Waals surface area contributed by atoms with E-state index in [1.165, 1.54) is 7.11 Å². The number of hydrogen-bond acceptors (Lipinski definition) is 5. The van der Waals surface area contributed by atoms with Crippen molar-refractivity contribution in [3.63, 3.8) is 0 Å². The highest BCUT2D eigenvalue weighted by Gasteiger charge is 2.53. The maximum Gasteiger partial charge on any atom is 0.252 e. The van der Waals surface area contributed by atoms with Gasteiger partial charge in [-0.15, -0.1) is 0 Å². The van der Waals surface area contributed by atoms with Crippen LogP contribution >= 0.6 is 0 Å². The van der Waals surface area contributed by atoms with Crippen molar-refractivity contribution in [2.24, 2.45) is 0 Å². The van der Waals surface area contributed by atoms with Gasteiger partial charge < -0.3 is 24.8 Å². The van der Waals surface area contributed by atoms with Gasteiger partial charge in [0.25, 0.3) is 5.91 Å². The number of carbonyl (C=O) groups excluding carboxylic acids is 3. The minimum Gasteiger partial charge on any atom is -0.379 e. The molecule has 8 heteroatoms. The van der Waals surface area contributed by atoms with Gasteiger partial charge in [-0.05, 0) is 51.0 Å². The van der Waals surface area contributed by atoms with Crippen LogP contribution in [-0.2, 0) is 14.3 Å². The fraction of sp³-hybridized carbons (Fsp3) is 0.444. The van der Waals surface area contributed by atoms with E-state index in [0.29, 0.717) is 38.2 Å². The SMILES string of the molecule is CO[C@@H](C)[C@@H](NC(=O)c1cccc(C)c1)C(=O)N1CCC2(CC1)C(=O)N(C)CN2c1ccccc1. The van der Waals surface area contributed by atoms with Crippen LogP contribution in [0.25, 0.3) is 0 Å². The molecule has 2 saturated heterocycles. The molecule has 0 radical (unpaired) electrons. The van der Waals surface area contributed by atoms with Crippen LogP contribution in [-0.4, -0.2) is 79.1 Å². The average Bonchev–Trinajstić information content (AvgIpc) is 3.12. The van der Waals surface area contributed by atoms with Crippen LogP contribution < -0.4 is 10.2 Å². The third kappa shape index (κ3) is 4.75. The molecule has 0 saturated carbocycles. The number of likely N-dealkylation sites (tertiary alicyclic amines) is 1. The highest BCUT2D eigenvalue weighted by atomic mass is 16.5. The van der Waals surface area contributed by atoms with E-state index in [1.54, 1.807) is 28.9 Å². The zero-order chi connectivity index (χ0) is 25.2. The highest BCUT2D eigenvalue weighted by Crippen LogP contribution is 2.39. The Balaban J connectivity index is 1.50. The van der Waals surface area contributed by atoms with E-state index in [0.717, 1.165) is 11.3 Å². The Morgan fingerprint density at radius 2 is 1.74 bits per heavy atom. The van der Waals surface area contributed by atoms with Crippen LogP contribution in [0.4, 0.5) is 5.69 Å². The Labute approximate surface area is 206 Å². The van der Waals surface area contributed by atoms with Crippen LogP contribution in [0.15, 0.2) is 54.6 Å². The first-order chi connectivity index (χ1) is 16.8. The number of nitrogens with one attached hydrogen (secondary N) is 1. The Bertz CT molecular complexity index is 1080. The summed E-state index contributed by atoms with van der Waals surface area (Å²) in [7, 11) is 3.35. The molecule has 0 aromatic heterocycles. The molecule has 2 aliphatic rings. The second kappa shape index (κ2) is 10.1. The second-order valence-corrected chi connectivity index (χ2v) is 9.53. The predicted octanol–water partition coefficient (Wildman–Crippen LogP) is 2.43. The zero-order valence-electron chi connectivity index (χ0n) is 20.9. The van der Waals surface area contributed by atoms with Crippen molar-refractivity contribution in [3.8, 4) is 0 Å². The van der Waals surface area contributed by atoms with E-state index in [1.807, 2.05) is 56.4 Å². The van der Waals surface area contributed by atoms with Gasteiger partial charge in [-0.25, -0.2) is 0 Å². The Morgan fingerprint density at radius 3 is 2.37 bits per heavy atom. The van der Waals surface area contributed by atoms with Gasteiger partial charge in [-0.1, -0.05) is 35.9 Å². The fourth-order valence-electron chi connectivity index (χ4n) is 5.12. The standard InChI is InChI=1S/C27H34N4O4/c1-19-9-8-10-21(17-19)24(32)28-23(20(2)35-4)25(33)30-15-13-27(14-16-30)26(34)29(3)18-31(27)22-11-6-5-7-12-22/h5-12,17,20,23H,13-16,18H2,1-4H3,(H,28,32)/t20-,23+/m0/s1. The number of benzene rings is 2. The lowest BCUT2D eigenvalue weighted by molar-refractivity contribution is -0.141. The number of ether oxygens (including phenoxy) is 1. The summed E-state index contributed by atoms with van der Waals surface area (Å²) in [5, 5.41) is 2.88. The molecule has 1 N–H and O–H groups in total. The highest BCUT2D eigenvalue weighted by molar-refractivity contribution is 5.98. The number of methoxy groups -OCH3 is 1. The maximum atomic E-state index is 13.6. The first kappa shape index (κ1) is 24.7. The monoisotopic (exact) mass is 478 g/mol. The van der Waals surface area contributed by atoms with E-state index in [-0.39, 0.29) is 17.7 Å². The molecule has 0 unspecified atom stereocenters. The topological polar surface area (TPSA) is 82.2 Å². The normalized spacial score (nSPS) is 19.1. The summed E-state index contributed by atoms with van der Waals surface area (Å²) in [5.74, 6) is -0.421. The third-order valence-corrected chi connectivity index (χ3v) is 7.26.